The third-order valence-electron chi connectivity index (χ3n) is 4.64. The van der Waals surface area contributed by atoms with Crippen LogP contribution in [0.15, 0.2) is 24.3 Å². The molecule has 18 heavy (non-hydrogen) atoms. The van der Waals surface area contributed by atoms with Crippen molar-refractivity contribution in [1.29, 1.82) is 0 Å². The van der Waals surface area contributed by atoms with Crippen molar-refractivity contribution in [3.05, 3.63) is 35.4 Å². The van der Waals surface area contributed by atoms with E-state index in [-0.39, 0.29) is 6.04 Å². The summed E-state index contributed by atoms with van der Waals surface area (Å²) in [5.41, 5.74) is 9.75. The quantitative estimate of drug-likeness (QED) is 0.835. The van der Waals surface area contributed by atoms with Crippen LogP contribution in [0, 0.1) is 11.3 Å². The van der Waals surface area contributed by atoms with Gasteiger partial charge in [-0.05, 0) is 54.6 Å². The summed E-state index contributed by atoms with van der Waals surface area (Å²) in [5.74, 6) is 0.671. The molecule has 0 amide bonds. The normalized spacial score (nSPS) is 21.8. The topological polar surface area (TPSA) is 26.0 Å². The smallest absolute Gasteiger partial charge is 0.0323 e. The van der Waals surface area contributed by atoms with Crippen molar-refractivity contribution in [2.45, 2.75) is 58.9 Å². The molecular weight excluding hydrogens is 218 g/mol. The molecule has 1 fully saturated rings. The van der Waals surface area contributed by atoms with Crippen LogP contribution in [0.4, 0.5) is 0 Å². The van der Waals surface area contributed by atoms with E-state index >= 15 is 0 Å². The van der Waals surface area contributed by atoms with Gasteiger partial charge in [0.25, 0.3) is 0 Å². The van der Waals surface area contributed by atoms with Gasteiger partial charge in [-0.25, -0.2) is 0 Å². The van der Waals surface area contributed by atoms with Crippen molar-refractivity contribution in [3.63, 3.8) is 0 Å². The largest absolute Gasteiger partial charge is 0.324 e. The average molecular weight is 245 g/mol. The first kappa shape index (κ1) is 13.6. The zero-order valence-electron chi connectivity index (χ0n) is 12.1. The fraction of sp³-hybridized carbons (Fsp3) is 0.647. The van der Waals surface area contributed by atoms with E-state index in [2.05, 4.69) is 45.0 Å². The zero-order chi connectivity index (χ0) is 13.2. The fourth-order valence-corrected chi connectivity index (χ4v) is 3.07. The Labute approximate surface area is 112 Å². The van der Waals surface area contributed by atoms with Gasteiger partial charge in [0, 0.05) is 6.04 Å². The summed E-state index contributed by atoms with van der Waals surface area (Å²) < 4.78 is 0. The van der Waals surface area contributed by atoms with Gasteiger partial charge in [0.05, 0.1) is 0 Å². The van der Waals surface area contributed by atoms with Gasteiger partial charge in [-0.1, -0.05) is 45.0 Å². The third-order valence-corrected chi connectivity index (χ3v) is 4.64. The van der Waals surface area contributed by atoms with Gasteiger partial charge in [0.1, 0.15) is 0 Å². The zero-order valence-corrected chi connectivity index (χ0v) is 12.1. The molecule has 0 heterocycles. The lowest BCUT2D eigenvalue weighted by Gasteiger charge is -2.37. The molecular formula is C17H27N. The van der Waals surface area contributed by atoms with Crippen LogP contribution >= 0.6 is 0 Å². The first-order valence-corrected chi connectivity index (χ1v) is 7.36. The summed E-state index contributed by atoms with van der Waals surface area (Å²) >= 11 is 0. The van der Waals surface area contributed by atoms with E-state index in [0.29, 0.717) is 11.3 Å². The second-order valence-electron chi connectivity index (χ2n) is 6.63. The molecule has 0 radical (unpaired) electrons. The van der Waals surface area contributed by atoms with Crippen molar-refractivity contribution < 1.29 is 0 Å². The highest BCUT2D eigenvalue weighted by Crippen LogP contribution is 2.41. The molecule has 1 heteroatoms. The average Bonchev–Trinajstić information content (AvgIpc) is 2.38. The van der Waals surface area contributed by atoms with Gasteiger partial charge < -0.3 is 5.73 Å². The first-order chi connectivity index (χ1) is 8.52. The Balaban J connectivity index is 2.05. The van der Waals surface area contributed by atoms with E-state index in [1.165, 1.54) is 36.8 Å². The lowest BCUT2D eigenvalue weighted by atomic mass is 9.70. The van der Waals surface area contributed by atoms with Crippen LogP contribution in [0.25, 0.3) is 0 Å². The van der Waals surface area contributed by atoms with Crippen LogP contribution < -0.4 is 5.73 Å². The number of aryl methyl sites for hydroxylation is 1. The van der Waals surface area contributed by atoms with Crippen molar-refractivity contribution in [2.24, 2.45) is 17.1 Å². The molecule has 2 N–H and O–H groups in total. The number of hydrogen-bond donors (Lipinski definition) is 1. The maximum absolute atomic E-state index is 6.48. The predicted octanol–water partition coefficient (Wildman–Crippen LogP) is 4.47. The van der Waals surface area contributed by atoms with Crippen LogP contribution in [-0.4, -0.2) is 0 Å². The van der Waals surface area contributed by atoms with Gasteiger partial charge in [-0.15, -0.1) is 0 Å². The molecule has 100 valence electrons. The van der Waals surface area contributed by atoms with Gasteiger partial charge in [0.15, 0.2) is 0 Å². The van der Waals surface area contributed by atoms with Crippen LogP contribution in [0.2, 0.25) is 0 Å². The second-order valence-corrected chi connectivity index (χ2v) is 6.63. The molecule has 1 aromatic rings. The summed E-state index contributed by atoms with van der Waals surface area (Å²) in [4.78, 5) is 0. The molecule has 1 atom stereocenters. The number of benzene rings is 1. The molecule has 0 bridgehead atoms. The van der Waals surface area contributed by atoms with Gasteiger partial charge in [-0.3, -0.25) is 0 Å². The fourth-order valence-electron chi connectivity index (χ4n) is 3.07. The van der Waals surface area contributed by atoms with Crippen molar-refractivity contribution in [2.75, 3.05) is 0 Å². The molecule has 2 rings (SSSR count). The molecule has 0 aromatic heterocycles. The van der Waals surface area contributed by atoms with E-state index < -0.39 is 0 Å². The molecule has 0 spiro atoms. The molecule has 1 nitrogen and oxygen atoms in total. The van der Waals surface area contributed by atoms with E-state index in [1.807, 2.05) is 0 Å². The number of hydrogen-bond acceptors (Lipinski definition) is 1. The highest BCUT2D eigenvalue weighted by molar-refractivity contribution is 5.26. The summed E-state index contributed by atoms with van der Waals surface area (Å²) in [5, 5.41) is 0. The Hall–Kier alpha value is -0.820. The van der Waals surface area contributed by atoms with Crippen LogP contribution in [0.3, 0.4) is 0 Å². The lowest BCUT2D eigenvalue weighted by Crippen LogP contribution is -2.29. The lowest BCUT2D eigenvalue weighted by molar-refractivity contribution is 0.173. The monoisotopic (exact) mass is 245 g/mol. The van der Waals surface area contributed by atoms with E-state index in [9.17, 15) is 0 Å². The summed E-state index contributed by atoms with van der Waals surface area (Å²) in [6.45, 7) is 6.96. The summed E-state index contributed by atoms with van der Waals surface area (Å²) in [6.07, 6.45) is 6.30. The number of nitrogens with two attached hydrogens (primary N) is 1. The number of rotatable bonds is 3. The van der Waals surface area contributed by atoms with Gasteiger partial charge in [0.2, 0.25) is 0 Å². The highest BCUT2D eigenvalue weighted by Gasteiger charge is 2.30. The SMILES string of the molecule is CCc1cccc(C(N)C2CCC(C)(C)CC2)c1. The first-order valence-electron chi connectivity index (χ1n) is 7.36. The molecule has 0 aliphatic heterocycles. The maximum atomic E-state index is 6.48. The van der Waals surface area contributed by atoms with Crippen molar-refractivity contribution in [3.8, 4) is 0 Å². The minimum Gasteiger partial charge on any atom is -0.324 e. The Morgan fingerprint density at radius 3 is 2.56 bits per heavy atom. The van der Waals surface area contributed by atoms with E-state index in [0.717, 1.165) is 6.42 Å². The molecule has 1 saturated carbocycles. The minimum absolute atomic E-state index is 0.229. The molecule has 0 saturated heterocycles. The molecule has 1 aliphatic rings. The van der Waals surface area contributed by atoms with E-state index in [4.69, 9.17) is 5.73 Å². The third kappa shape index (κ3) is 3.14. The van der Waals surface area contributed by atoms with E-state index in [1.54, 1.807) is 0 Å². The van der Waals surface area contributed by atoms with Crippen LogP contribution in [0.1, 0.15) is 63.6 Å². The van der Waals surface area contributed by atoms with Crippen molar-refractivity contribution >= 4 is 0 Å². The molecule has 1 aliphatic carbocycles. The highest BCUT2D eigenvalue weighted by atomic mass is 14.7. The summed E-state index contributed by atoms with van der Waals surface area (Å²) in [6, 6.07) is 9.07. The summed E-state index contributed by atoms with van der Waals surface area (Å²) in [7, 11) is 0. The Morgan fingerprint density at radius 2 is 1.94 bits per heavy atom. The van der Waals surface area contributed by atoms with Crippen LogP contribution in [-0.2, 0) is 6.42 Å². The predicted molar refractivity (Wildman–Crippen MR) is 78.5 cm³/mol. The Morgan fingerprint density at radius 1 is 1.28 bits per heavy atom. The second kappa shape index (κ2) is 5.44. The molecule has 1 unspecified atom stereocenters. The Bertz CT molecular complexity index is 384. The van der Waals surface area contributed by atoms with Gasteiger partial charge >= 0.3 is 0 Å². The maximum Gasteiger partial charge on any atom is 0.0323 e. The van der Waals surface area contributed by atoms with Crippen LogP contribution in [0.5, 0.6) is 0 Å². The minimum atomic E-state index is 0.229. The standard InChI is InChI=1S/C17H27N/c1-4-13-6-5-7-15(12-13)16(18)14-8-10-17(2,3)11-9-14/h5-7,12,14,16H,4,8-11,18H2,1-3H3. The molecule has 1 aromatic carbocycles. The van der Waals surface area contributed by atoms with Gasteiger partial charge in [-0.2, -0.15) is 0 Å². The van der Waals surface area contributed by atoms with Crippen molar-refractivity contribution in [1.82, 2.24) is 0 Å². The Kier molecular flexibility index (Phi) is 4.11.